The zero-order valence-electron chi connectivity index (χ0n) is 21.6. The van der Waals surface area contributed by atoms with Gasteiger partial charge in [0.2, 0.25) is 22.7 Å². The molecule has 1 aliphatic heterocycles. The van der Waals surface area contributed by atoms with E-state index in [1.807, 2.05) is 0 Å². The molecule has 2 unspecified atom stereocenters. The minimum atomic E-state index is -1.80. The van der Waals surface area contributed by atoms with Crippen LogP contribution in [-0.4, -0.2) is 83.0 Å². The Morgan fingerprint density at radius 3 is 2.71 bits per heavy atom. The molecule has 0 aromatic carbocycles. The second kappa shape index (κ2) is 9.87. The zero-order valence-corrected chi connectivity index (χ0v) is 22.4. The fraction of sp³-hybridized carbons (Fsp3) is 0.304. The number of hydrogen-bond donors (Lipinski definition) is 6. The van der Waals surface area contributed by atoms with Gasteiger partial charge in [-0.05, 0) is 13.8 Å². The van der Waals surface area contributed by atoms with E-state index in [1.54, 1.807) is 0 Å². The first-order valence-electron chi connectivity index (χ1n) is 11.9. The molecule has 3 aromatic rings. The summed E-state index contributed by atoms with van der Waals surface area (Å²) in [6.07, 6.45) is -0.0165. The van der Waals surface area contributed by atoms with Gasteiger partial charge in [0.05, 0.1) is 6.20 Å². The van der Waals surface area contributed by atoms with Crippen molar-refractivity contribution < 1.29 is 48.7 Å². The molecule has 2 aliphatic rings. The number of β-lactam (4-membered cyclic amide) rings is 1. The average molecular weight is 604 g/mol. The van der Waals surface area contributed by atoms with Crippen molar-refractivity contribution in [1.29, 1.82) is 0 Å². The van der Waals surface area contributed by atoms with Crippen molar-refractivity contribution in [2.75, 3.05) is 5.73 Å². The van der Waals surface area contributed by atoms with Crippen LogP contribution in [0.1, 0.15) is 36.5 Å². The molecule has 19 heteroatoms. The number of nitrogen functional groups attached to an aromatic ring is 1. The Balaban J connectivity index is 1.28. The first-order valence-corrected chi connectivity index (χ1v) is 12.8. The van der Waals surface area contributed by atoms with Crippen molar-refractivity contribution in [3.8, 4) is 17.1 Å². The number of nitrogens with zero attached hydrogens (tertiary/aromatic N) is 4. The fourth-order valence-electron chi connectivity index (χ4n) is 3.94. The van der Waals surface area contributed by atoms with E-state index in [1.165, 1.54) is 19.2 Å². The number of thiazole rings is 1. The van der Waals surface area contributed by atoms with Gasteiger partial charge in [-0.1, -0.05) is 10.3 Å². The van der Waals surface area contributed by atoms with Crippen molar-refractivity contribution in [3.63, 3.8) is 0 Å². The maximum absolute atomic E-state index is 13.1. The van der Waals surface area contributed by atoms with Crippen LogP contribution in [0.3, 0.4) is 0 Å². The van der Waals surface area contributed by atoms with Crippen LogP contribution in [0, 0.1) is 0 Å². The largest absolute Gasteiger partial charge is 0.503 e. The lowest BCUT2D eigenvalue weighted by molar-refractivity contribution is -0.161. The molecule has 3 aromatic heterocycles. The van der Waals surface area contributed by atoms with E-state index in [-0.39, 0.29) is 28.6 Å². The molecule has 0 radical (unpaired) electrons. The Morgan fingerprint density at radius 2 is 2.07 bits per heavy atom. The Kier molecular flexibility index (Phi) is 6.60. The monoisotopic (exact) mass is 603 g/mol. The maximum Gasteiger partial charge on any atom is 0.377 e. The highest BCUT2D eigenvalue weighted by atomic mass is 32.1. The van der Waals surface area contributed by atoms with Gasteiger partial charge in [-0.15, -0.1) is 11.3 Å². The Labute approximate surface area is 237 Å². The number of aromatic nitrogens is 3. The van der Waals surface area contributed by atoms with E-state index >= 15 is 0 Å². The summed E-state index contributed by atoms with van der Waals surface area (Å²) >= 11 is 0.990. The van der Waals surface area contributed by atoms with E-state index < -0.39 is 69.7 Å². The minimum Gasteiger partial charge on any atom is -0.503 e. The maximum atomic E-state index is 13.1. The number of carbonyl (C=O) groups excluding carboxylic acids is 3. The molecule has 1 aliphatic carbocycles. The number of esters is 1. The molecule has 1 spiro atoms. The number of carboxylic acids is 1. The molecule has 5 rings (SSSR count). The van der Waals surface area contributed by atoms with Crippen LogP contribution in [0.4, 0.5) is 5.13 Å². The number of carbonyl (C=O) groups is 4. The number of carboxylic acid groups (broad SMARTS) is 1. The number of rotatable bonds is 9. The molecule has 1 saturated heterocycles. The van der Waals surface area contributed by atoms with Gasteiger partial charge in [0.1, 0.15) is 34.8 Å². The average Bonchev–Trinajstić information content (AvgIpc) is 3.24. The number of aromatic hydroxyl groups is 1. The molecular weight excluding hydrogens is 582 g/mol. The molecule has 220 valence electrons. The summed E-state index contributed by atoms with van der Waals surface area (Å²) in [5.74, 6) is -4.96. The van der Waals surface area contributed by atoms with Crippen LogP contribution in [0.2, 0.25) is 0 Å². The van der Waals surface area contributed by atoms with Crippen molar-refractivity contribution >= 4 is 45.9 Å². The van der Waals surface area contributed by atoms with Crippen LogP contribution in [0.5, 0.6) is 5.75 Å². The lowest BCUT2D eigenvalue weighted by Crippen LogP contribution is -2.73. The Bertz CT molecular complexity index is 1720. The number of aliphatic carboxylic acids is 1. The number of nitrogens with one attached hydrogen (secondary N) is 2. The number of ether oxygens (including phenoxy) is 1. The predicted octanol–water partition coefficient (Wildman–Crippen LogP) is -0.948. The number of hydrogen-bond acceptors (Lipinski definition) is 15. The summed E-state index contributed by atoms with van der Waals surface area (Å²) in [7, 11) is 0. The standard InChI is InChI=1S/C23H21N7O11S/c1-22(2,20(36)37)41-29-15(9-7-42-21(24)25-9)17(33)26-16-18(34)27-23(16)5-14(23)39-19(35)13-3-8(28-40-13)10-4-11(31)12(32)6-30(10)38/h3-4,6-7,14,16,32,38H,5H2,1-2H3,(H2,24,25)(H,26,33)(H,27,34)(H,36,37)/b29-15-/t14-,16?,23?/m1/s1. The highest BCUT2D eigenvalue weighted by Crippen LogP contribution is 2.47. The molecule has 42 heavy (non-hydrogen) atoms. The van der Waals surface area contributed by atoms with Crippen LogP contribution >= 0.6 is 11.3 Å². The number of pyridine rings is 1. The lowest BCUT2D eigenvalue weighted by atomic mass is 9.95. The summed E-state index contributed by atoms with van der Waals surface area (Å²) in [5.41, 5.74) is 1.16. The Hall–Kier alpha value is -5.46. The number of amides is 2. The summed E-state index contributed by atoms with van der Waals surface area (Å²) in [5, 5.41) is 42.5. The van der Waals surface area contributed by atoms with Gasteiger partial charge in [-0.3, -0.25) is 14.4 Å². The third-order valence-electron chi connectivity index (χ3n) is 6.44. The topological polar surface area (TPSA) is 271 Å². The quantitative estimate of drug-likeness (QED) is 0.0566. The molecule has 2 fully saturated rings. The number of nitrogens with two attached hydrogens (primary N) is 1. The van der Waals surface area contributed by atoms with E-state index in [0.717, 1.165) is 29.7 Å². The predicted molar refractivity (Wildman–Crippen MR) is 138 cm³/mol. The van der Waals surface area contributed by atoms with Gasteiger partial charge in [0.15, 0.2) is 16.6 Å². The third kappa shape index (κ3) is 4.96. The van der Waals surface area contributed by atoms with E-state index in [9.17, 15) is 39.4 Å². The van der Waals surface area contributed by atoms with Crippen LogP contribution in [-0.2, 0) is 24.0 Å². The normalized spacial score (nSPS) is 21.3. The molecule has 0 bridgehead atoms. The van der Waals surface area contributed by atoms with Crippen molar-refractivity contribution in [2.45, 2.75) is 43.6 Å². The molecule has 1 saturated carbocycles. The minimum absolute atomic E-state index is 0.0215. The lowest BCUT2D eigenvalue weighted by Gasteiger charge is -2.38. The van der Waals surface area contributed by atoms with E-state index in [2.05, 4.69) is 25.9 Å². The van der Waals surface area contributed by atoms with Gasteiger partial charge < -0.3 is 45.9 Å². The number of anilines is 1. The smallest absolute Gasteiger partial charge is 0.377 e. The van der Waals surface area contributed by atoms with Gasteiger partial charge in [0, 0.05) is 23.9 Å². The van der Waals surface area contributed by atoms with Gasteiger partial charge in [0.25, 0.3) is 5.91 Å². The zero-order chi connectivity index (χ0) is 30.6. The van der Waals surface area contributed by atoms with E-state index in [0.29, 0.717) is 4.73 Å². The molecule has 4 heterocycles. The number of oxime groups is 1. The van der Waals surface area contributed by atoms with Crippen molar-refractivity contribution in [3.05, 3.63) is 45.4 Å². The highest BCUT2D eigenvalue weighted by molar-refractivity contribution is 7.13. The second-order valence-corrected chi connectivity index (χ2v) is 10.7. The first kappa shape index (κ1) is 28.1. The molecule has 7 N–H and O–H groups in total. The van der Waals surface area contributed by atoms with Crippen molar-refractivity contribution in [2.24, 2.45) is 5.16 Å². The summed E-state index contributed by atoms with van der Waals surface area (Å²) in [6, 6.07) is 0.804. The fourth-order valence-corrected chi connectivity index (χ4v) is 4.49. The summed E-state index contributed by atoms with van der Waals surface area (Å²) in [6.45, 7) is 2.43. The van der Waals surface area contributed by atoms with Gasteiger partial charge in [-0.25, -0.2) is 14.6 Å². The highest BCUT2D eigenvalue weighted by Gasteiger charge is 2.72. The van der Waals surface area contributed by atoms with Gasteiger partial charge in [-0.2, -0.15) is 4.73 Å². The van der Waals surface area contributed by atoms with Crippen molar-refractivity contribution in [1.82, 2.24) is 25.5 Å². The molecule has 18 nitrogen and oxygen atoms in total. The van der Waals surface area contributed by atoms with Crippen LogP contribution in [0.15, 0.2) is 38.2 Å². The van der Waals surface area contributed by atoms with E-state index in [4.69, 9.17) is 19.8 Å². The summed E-state index contributed by atoms with van der Waals surface area (Å²) in [4.78, 5) is 70.3. The van der Waals surface area contributed by atoms with Crippen LogP contribution in [0.25, 0.3) is 11.4 Å². The SMILES string of the molecule is CC(C)(O/N=C(\C(=O)NC1C(=O)NC12C[C@H]2OC(=O)c1cc(-c2cc(=O)c(O)cn2O)no1)c1csc(N)n1)C(=O)O. The first-order chi connectivity index (χ1) is 19.7. The second-order valence-electron chi connectivity index (χ2n) is 9.78. The molecule has 2 amide bonds. The third-order valence-corrected chi connectivity index (χ3v) is 7.11. The molecular formula is C23H21N7O11S. The Morgan fingerprint density at radius 1 is 1.33 bits per heavy atom. The molecule has 3 atom stereocenters. The van der Waals surface area contributed by atoms with Gasteiger partial charge >= 0.3 is 11.9 Å². The summed E-state index contributed by atoms with van der Waals surface area (Å²) < 4.78 is 10.8. The van der Waals surface area contributed by atoms with Crippen LogP contribution < -0.4 is 21.8 Å².